The molecule has 2 aliphatic rings. The van der Waals surface area contributed by atoms with Gasteiger partial charge in [-0.3, -0.25) is 19.2 Å². The molecular weight excluding hydrogens is 382 g/mol. The molecule has 0 radical (unpaired) electrons. The van der Waals surface area contributed by atoms with Gasteiger partial charge in [0.1, 0.15) is 0 Å². The molecule has 2 N–H and O–H groups in total. The van der Waals surface area contributed by atoms with E-state index in [2.05, 4.69) is 4.98 Å². The molecule has 0 fully saturated rings. The van der Waals surface area contributed by atoms with Gasteiger partial charge in [-0.05, 0) is 51.2 Å². The molecular formula is C19H23N3O5S. The quantitative estimate of drug-likeness (QED) is 0.759. The minimum Gasteiger partial charge on any atom is -0.494 e. The first-order chi connectivity index (χ1) is 13.3. The van der Waals surface area contributed by atoms with Crippen molar-refractivity contribution in [1.82, 2.24) is 14.5 Å². The van der Waals surface area contributed by atoms with E-state index < -0.39 is 11.6 Å². The molecule has 1 atom stereocenters. The molecule has 150 valence electrons. The van der Waals surface area contributed by atoms with Crippen molar-refractivity contribution in [1.29, 1.82) is 0 Å². The van der Waals surface area contributed by atoms with Gasteiger partial charge in [0.05, 0.1) is 18.7 Å². The Morgan fingerprint density at radius 3 is 2.79 bits per heavy atom. The van der Waals surface area contributed by atoms with E-state index in [1.807, 2.05) is 31.9 Å². The van der Waals surface area contributed by atoms with Crippen LogP contribution in [-0.4, -0.2) is 47.1 Å². The first-order valence-electron chi connectivity index (χ1n) is 9.12. The zero-order valence-corrected chi connectivity index (χ0v) is 17.1. The lowest BCUT2D eigenvalue weighted by atomic mass is 9.87. The van der Waals surface area contributed by atoms with Crippen molar-refractivity contribution in [3.05, 3.63) is 37.9 Å². The van der Waals surface area contributed by atoms with Crippen LogP contribution < -0.4 is 19.8 Å². The molecule has 28 heavy (non-hydrogen) atoms. The predicted octanol–water partition coefficient (Wildman–Crippen LogP) is 2.51. The van der Waals surface area contributed by atoms with Crippen LogP contribution in [0.5, 0.6) is 23.1 Å². The topological polar surface area (TPSA) is 89.0 Å². The van der Waals surface area contributed by atoms with Crippen molar-refractivity contribution in [3.8, 4) is 23.1 Å². The van der Waals surface area contributed by atoms with Crippen molar-refractivity contribution in [2.24, 2.45) is 0 Å². The lowest BCUT2D eigenvalue weighted by Gasteiger charge is -2.36. The molecule has 4 rings (SSSR count). The van der Waals surface area contributed by atoms with Crippen LogP contribution in [0.15, 0.2) is 10.9 Å². The molecule has 8 nitrogen and oxygen atoms in total. The predicted molar refractivity (Wildman–Crippen MR) is 105 cm³/mol. The Morgan fingerprint density at radius 2 is 2.11 bits per heavy atom. The molecule has 0 amide bonds. The van der Waals surface area contributed by atoms with Gasteiger partial charge in [-0.25, -0.2) is 0 Å². The largest absolute Gasteiger partial charge is 0.494 e. The molecule has 2 aromatic rings. The van der Waals surface area contributed by atoms with Gasteiger partial charge < -0.3 is 19.3 Å². The van der Waals surface area contributed by atoms with Crippen molar-refractivity contribution >= 4 is 12.2 Å². The fraction of sp³-hybridized carbons (Fsp3) is 0.474. The van der Waals surface area contributed by atoms with Crippen LogP contribution in [0.1, 0.15) is 42.6 Å². The maximum absolute atomic E-state index is 12.9. The lowest BCUT2D eigenvalue weighted by Crippen LogP contribution is -2.37. The molecule has 0 aliphatic carbocycles. The standard InChI is InChI=1S/C19H23N3O5S/c1-9(2)22-18(24)13(17(23)20-19(22)28)14-12-10(5-6-21(14)3)7-11-15(16(12)25-4)27-8-26-11/h7,9,14,24H,5-6,8H2,1-4H3,(H,20,23,28)/t14-/m0/s1. The molecule has 1 aromatic heterocycles. The zero-order valence-electron chi connectivity index (χ0n) is 16.2. The van der Waals surface area contributed by atoms with E-state index in [0.717, 1.165) is 17.5 Å². The van der Waals surface area contributed by atoms with Gasteiger partial charge >= 0.3 is 0 Å². The van der Waals surface area contributed by atoms with E-state index >= 15 is 0 Å². The number of hydrogen-bond donors (Lipinski definition) is 2. The fourth-order valence-corrected chi connectivity index (χ4v) is 4.47. The van der Waals surface area contributed by atoms with Crippen LogP contribution in [-0.2, 0) is 6.42 Å². The third-order valence-electron chi connectivity index (χ3n) is 5.34. The van der Waals surface area contributed by atoms with E-state index in [1.165, 1.54) is 0 Å². The van der Waals surface area contributed by atoms with Crippen molar-refractivity contribution in [2.75, 3.05) is 27.5 Å². The van der Waals surface area contributed by atoms with E-state index in [0.29, 0.717) is 23.8 Å². The Bertz CT molecular complexity index is 1060. The van der Waals surface area contributed by atoms with E-state index in [4.69, 9.17) is 26.4 Å². The van der Waals surface area contributed by atoms with Crippen LogP contribution in [0.2, 0.25) is 0 Å². The van der Waals surface area contributed by atoms with Gasteiger partial charge in [0.25, 0.3) is 5.56 Å². The number of ether oxygens (including phenoxy) is 3. The summed E-state index contributed by atoms with van der Waals surface area (Å²) in [5.74, 6) is 1.55. The second-order valence-electron chi connectivity index (χ2n) is 7.31. The Hall–Kier alpha value is -2.52. The minimum atomic E-state index is -0.516. The average molecular weight is 405 g/mol. The second-order valence-corrected chi connectivity index (χ2v) is 7.70. The zero-order chi connectivity index (χ0) is 20.2. The number of methoxy groups -OCH3 is 1. The summed E-state index contributed by atoms with van der Waals surface area (Å²) in [6, 6.07) is 1.30. The fourth-order valence-electron chi connectivity index (χ4n) is 4.08. The molecule has 3 heterocycles. The molecule has 0 spiro atoms. The second kappa shape index (κ2) is 6.82. The normalized spacial score (nSPS) is 18.4. The van der Waals surface area contributed by atoms with E-state index in [9.17, 15) is 9.90 Å². The van der Waals surface area contributed by atoms with Gasteiger partial charge in [-0.15, -0.1) is 0 Å². The highest BCUT2D eigenvalue weighted by Gasteiger charge is 2.38. The number of H-pyrrole nitrogens is 1. The number of benzene rings is 1. The number of likely N-dealkylation sites (N-methyl/N-ethyl adjacent to an activating group) is 1. The minimum absolute atomic E-state index is 0.116. The summed E-state index contributed by atoms with van der Waals surface area (Å²) in [5.41, 5.74) is 1.63. The highest BCUT2D eigenvalue weighted by Crippen LogP contribution is 2.51. The third kappa shape index (κ3) is 2.68. The number of aromatic amines is 1. The van der Waals surface area contributed by atoms with Gasteiger partial charge in [-0.1, -0.05) is 0 Å². The van der Waals surface area contributed by atoms with Gasteiger partial charge in [-0.2, -0.15) is 0 Å². The van der Waals surface area contributed by atoms with E-state index in [1.54, 1.807) is 11.7 Å². The highest BCUT2D eigenvalue weighted by atomic mass is 32.1. The molecule has 1 aromatic carbocycles. The highest BCUT2D eigenvalue weighted by molar-refractivity contribution is 7.71. The van der Waals surface area contributed by atoms with Crippen LogP contribution >= 0.6 is 12.2 Å². The summed E-state index contributed by atoms with van der Waals surface area (Å²) in [6.07, 6.45) is 0.761. The molecule has 0 saturated carbocycles. The number of nitrogens with one attached hydrogen (secondary N) is 1. The maximum atomic E-state index is 12.9. The van der Waals surface area contributed by atoms with E-state index in [-0.39, 0.29) is 29.0 Å². The van der Waals surface area contributed by atoms with Crippen LogP contribution in [0.3, 0.4) is 0 Å². The monoisotopic (exact) mass is 405 g/mol. The Balaban J connectivity index is 2.03. The molecule has 0 unspecified atom stereocenters. The smallest absolute Gasteiger partial charge is 0.260 e. The molecule has 2 aliphatic heterocycles. The molecule has 9 heteroatoms. The molecule has 0 saturated heterocycles. The summed E-state index contributed by atoms with van der Waals surface area (Å²) in [4.78, 5) is 17.6. The number of aromatic hydroxyl groups is 1. The number of hydrogen-bond acceptors (Lipinski definition) is 7. The summed E-state index contributed by atoms with van der Waals surface area (Å²) in [7, 11) is 3.48. The summed E-state index contributed by atoms with van der Waals surface area (Å²) < 4.78 is 18.6. The summed E-state index contributed by atoms with van der Waals surface area (Å²) >= 11 is 5.26. The summed E-state index contributed by atoms with van der Waals surface area (Å²) in [5, 5.41) is 11.0. The Kier molecular flexibility index (Phi) is 4.59. The van der Waals surface area contributed by atoms with Crippen LogP contribution in [0, 0.1) is 4.77 Å². The van der Waals surface area contributed by atoms with Crippen molar-refractivity contribution in [3.63, 3.8) is 0 Å². The lowest BCUT2D eigenvalue weighted by molar-refractivity contribution is 0.170. The van der Waals surface area contributed by atoms with Crippen LogP contribution in [0.25, 0.3) is 0 Å². The average Bonchev–Trinajstić information content (AvgIpc) is 3.09. The first-order valence-corrected chi connectivity index (χ1v) is 9.53. The van der Waals surface area contributed by atoms with Crippen LogP contribution in [0.4, 0.5) is 0 Å². The molecule has 0 bridgehead atoms. The SMILES string of the molecule is COc1c2c(cc3c1[C@@H](c1c(O)n(C(C)C)c(=S)[nH]c1=O)N(C)CC3)OCO2. The first kappa shape index (κ1) is 18.8. The summed E-state index contributed by atoms with van der Waals surface area (Å²) in [6.45, 7) is 4.62. The number of fused-ring (bicyclic) bond motifs is 2. The number of aromatic nitrogens is 2. The van der Waals surface area contributed by atoms with Gasteiger partial charge in [0.15, 0.2) is 16.3 Å². The third-order valence-corrected chi connectivity index (χ3v) is 5.64. The number of rotatable bonds is 3. The van der Waals surface area contributed by atoms with Crippen molar-refractivity contribution < 1.29 is 19.3 Å². The Labute approximate surface area is 167 Å². The number of nitrogens with zero attached hydrogens (tertiary/aromatic N) is 2. The van der Waals surface area contributed by atoms with Gasteiger partial charge in [0.2, 0.25) is 18.4 Å². The van der Waals surface area contributed by atoms with Gasteiger partial charge in [0, 0.05) is 18.2 Å². The Morgan fingerprint density at radius 1 is 1.36 bits per heavy atom. The van der Waals surface area contributed by atoms with Crippen molar-refractivity contribution in [2.45, 2.75) is 32.4 Å². The maximum Gasteiger partial charge on any atom is 0.260 e.